The van der Waals surface area contributed by atoms with Crippen LogP contribution in [0.4, 0.5) is 0 Å². The Labute approximate surface area is 155 Å². The number of rotatable bonds is 7. The van der Waals surface area contributed by atoms with E-state index in [2.05, 4.69) is 42.5 Å². The summed E-state index contributed by atoms with van der Waals surface area (Å²) in [5.74, 6) is 1.49. The summed E-state index contributed by atoms with van der Waals surface area (Å²) in [7, 11) is 3.30. The Morgan fingerprint density at radius 1 is 1.08 bits per heavy atom. The fourth-order valence-electron chi connectivity index (χ4n) is 3.37. The fraction of sp³-hybridized carbons (Fsp3) is 0.381. The van der Waals surface area contributed by atoms with Gasteiger partial charge in [-0.05, 0) is 31.5 Å². The van der Waals surface area contributed by atoms with E-state index in [1.54, 1.807) is 14.2 Å². The van der Waals surface area contributed by atoms with E-state index in [0.29, 0.717) is 0 Å². The second-order valence-electron chi connectivity index (χ2n) is 6.63. The first-order valence-electron chi connectivity index (χ1n) is 8.82. The lowest BCUT2D eigenvalue weighted by Crippen LogP contribution is -2.27. The molecular weight excluding hydrogens is 328 g/mol. The molecule has 1 heterocycles. The Morgan fingerprint density at radius 2 is 1.73 bits per heavy atom. The van der Waals surface area contributed by atoms with Crippen molar-refractivity contribution in [3.63, 3.8) is 0 Å². The van der Waals surface area contributed by atoms with Crippen molar-refractivity contribution in [2.75, 3.05) is 20.8 Å². The van der Waals surface area contributed by atoms with E-state index in [4.69, 9.17) is 14.3 Å². The van der Waals surface area contributed by atoms with Gasteiger partial charge in [0.05, 0.1) is 25.5 Å². The molecule has 0 amide bonds. The summed E-state index contributed by atoms with van der Waals surface area (Å²) in [5, 5.41) is 7.74. The summed E-state index contributed by atoms with van der Waals surface area (Å²) in [6.07, 6.45) is 0.724. The van der Waals surface area contributed by atoms with Crippen LogP contribution in [0.5, 0.6) is 11.5 Å². The van der Waals surface area contributed by atoms with E-state index in [0.717, 1.165) is 42.3 Å². The molecule has 0 saturated heterocycles. The number of hydrogen-bond acceptors (Lipinski definition) is 5. The maximum Gasteiger partial charge on any atom is 0.145 e. The number of methoxy groups -OCH3 is 2. The van der Waals surface area contributed by atoms with Crippen LogP contribution in [0.3, 0.4) is 0 Å². The smallest absolute Gasteiger partial charge is 0.145 e. The predicted octanol–water partition coefficient (Wildman–Crippen LogP) is 3.60. The summed E-state index contributed by atoms with van der Waals surface area (Å²) in [6.45, 7) is 5.79. The lowest BCUT2D eigenvalue weighted by Gasteiger charge is -2.13. The lowest BCUT2D eigenvalue weighted by atomic mass is 10.0. The molecule has 1 atom stereocenters. The third kappa shape index (κ3) is 4.17. The molecule has 3 rings (SSSR count). The Hall–Kier alpha value is -2.53. The van der Waals surface area contributed by atoms with Gasteiger partial charge in [-0.25, -0.2) is 0 Å². The van der Waals surface area contributed by atoms with Crippen LogP contribution < -0.4 is 14.8 Å². The van der Waals surface area contributed by atoms with Gasteiger partial charge in [0.15, 0.2) is 0 Å². The molecule has 2 aromatic carbocycles. The fourth-order valence-corrected chi connectivity index (χ4v) is 3.37. The molecule has 1 N–H and O–H groups in total. The number of nitrogens with zero attached hydrogens (tertiary/aromatic N) is 1. The molecule has 5 nitrogen and oxygen atoms in total. The Morgan fingerprint density at radius 3 is 2.35 bits per heavy atom. The van der Waals surface area contributed by atoms with Crippen LogP contribution in [0.15, 0.2) is 41.6 Å². The number of nitrogens with one attached hydrogen (secondary N) is 1. The van der Waals surface area contributed by atoms with Crippen molar-refractivity contribution in [3.05, 3.63) is 58.7 Å². The summed E-state index contributed by atoms with van der Waals surface area (Å²) in [4.78, 5) is 5.62. The highest BCUT2D eigenvalue weighted by Crippen LogP contribution is 2.32. The van der Waals surface area contributed by atoms with E-state index < -0.39 is 0 Å². The molecule has 26 heavy (non-hydrogen) atoms. The van der Waals surface area contributed by atoms with Gasteiger partial charge in [-0.3, -0.25) is 0 Å². The highest BCUT2D eigenvalue weighted by molar-refractivity contribution is 6.05. The van der Waals surface area contributed by atoms with Gasteiger partial charge in [0.25, 0.3) is 0 Å². The van der Waals surface area contributed by atoms with Crippen LogP contribution in [0.25, 0.3) is 0 Å². The van der Waals surface area contributed by atoms with Crippen LogP contribution >= 0.6 is 0 Å². The summed E-state index contributed by atoms with van der Waals surface area (Å²) < 4.78 is 10.9. The predicted molar refractivity (Wildman–Crippen MR) is 103 cm³/mol. The molecule has 2 aromatic rings. The molecule has 138 valence electrons. The molecular formula is C21H26N2O3. The molecule has 0 aliphatic carbocycles. The summed E-state index contributed by atoms with van der Waals surface area (Å²) in [5.41, 5.74) is 5.58. The van der Waals surface area contributed by atoms with E-state index >= 15 is 0 Å². The first-order valence-corrected chi connectivity index (χ1v) is 8.82. The maximum absolute atomic E-state index is 5.62. The Balaban J connectivity index is 1.59. The van der Waals surface area contributed by atoms with Crippen molar-refractivity contribution in [1.29, 1.82) is 0 Å². The molecule has 0 radical (unpaired) electrons. The van der Waals surface area contributed by atoms with E-state index in [-0.39, 0.29) is 6.10 Å². The van der Waals surface area contributed by atoms with Crippen LogP contribution in [-0.2, 0) is 11.4 Å². The van der Waals surface area contributed by atoms with Crippen molar-refractivity contribution < 1.29 is 14.3 Å². The van der Waals surface area contributed by atoms with Gasteiger partial charge >= 0.3 is 0 Å². The second-order valence-corrected chi connectivity index (χ2v) is 6.63. The molecule has 5 heteroatoms. The van der Waals surface area contributed by atoms with Crippen molar-refractivity contribution >= 4 is 5.71 Å². The van der Waals surface area contributed by atoms with Gasteiger partial charge < -0.3 is 19.6 Å². The average molecular weight is 354 g/mol. The Bertz CT molecular complexity index is 759. The first-order chi connectivity index (χ1) is 12.6. The third-order valence-electron chi connectivity index (χ3n) is 4.43. The number of ether oxygens (including phenoxy) is 2. The van der Waals surface area contributed by atoms with Crippen molar-refractivity contribution in [1.82, 2.24) is 5.32 Å². The minimum Gasteiger partial charge on any atom is -0.496 e. The van der Waals surface area contributed by atoms with Gasteiger partial charge in [0.2, 0.25) is 0 Å². The van der Waals surface area contributed by atoms with Gasteiger partial charge in [0.1, 0.15) is 17.6 Å². The number of benzene rings is 2. The molecule has 1 aliphatic rings. The van der Waals surface area contributed by atoms with Crippen molar-refractivity contribution in [2.24, 2.45) is 5.16 Å². The highest BCUT2D eigenvalue weighted by atomic mass is 16.6. The second kappa shape index (κ2) is 8.23. The standard InChI is InChI=1S/C21H26N2O3/c1-14-8-15(2)10-16(9-14)12-22-13-17-11-18(23-26-17)21-19(24-3)6-5-7-20(21)25-4/h5-10,17,22H,11-13H2,1-4H3. The molecule has 1 unspecified atom stereocenters. The zero-order valence-electron chi connectivity index (χ0n) is 15.8. The molecule has 1 aliphatic heterocycles. The summed E-state index contributed by atoms with van der Waals surface area (Å²) >= 11 is 0. The van der Waals surface area contributed by atoms with E-state index in [9.17, 15) is 0 Å². The summed E-state index contributed by atoms with van der Waals surface area (Å²) in [6, 6.07) is 12.3. The van der Waals surface area contributed by atoms with E-state index in [1.165, 1.54) is 16.7 Å². The van der Waals surface area contributed by atoms with Crippen LogP contribution in [0, 0.1) is 13.8 Å². The minimum absolute atomic E-state index is 0.00512. The van der Waals surface area contributed by atoms with Gasteiger partial charge in [-0.1, -0.05) is 40.5 Å². The van der Waals surface area contributed by atoms with Crippen molar-refractivity contribution in [3.8, 4) is 11.5 Å². The minimum atomic E-state index is 0.00512. The quantitative estimate of drug-likeness (QED) is 0.825. The highest BCUT2D eigenvalue weighted by Gasteiger charge is 2.26. The number of hydrogen-bond donors (Lipinski definition) is 1. The zero-order valence-corrected chi connectivity index (χ0v) is 15.8. The molecule has 0 fully saturated rings. The monoisotopic (exact) mass is 354 g/mol. The normalized spacial score (nSPS) is 16.2. The van der Waals surface area contributed by atoms with Gasteiger partial charge in [-0.15, -0.1) is 0 Å². The Kier molecular flexibility index (Phi) is 5.78. The SMILES string of the molecule is COc1cccc(OC)c1C1=NOC(CNCc2cc(C)cc(C)c2)C1. The number of aryl methyl sites for hydroxylation is 2. The first kappa shape index (κ1) is 18.3. The zero-order chi connectivity index (χ0) is 18.5. The molecule has 0 aromatic heterocycles. The molecule has 0 spiro atoms. The maximum atomic E-state index is 5.62. The van der Waals surface area contributed by atoms with Gasteiger partial charge in [-0.2, -0.15) is 0 Å². The average Bonchev–Trinajstić information content (AvgIpc) is 3.08. The largest absolute Gasteiger partial charge is 0.496 e. The number of oxime groups is 1. The lowest BCUT2D eigenvalue weighted by molar-refractivity contribution is 0.0848. The molecule has 0 bridgehead atoms. The van der Waals surface area contributed by atoms with E-state index in [1.807, 2.05) is 18.2 Å². The van der Waals surface area contributed by atoms with Crippen molar-refractivity contribution in [2.45, 2.75) is 32.9 Å². The van der Waals surface area contributed by atoms with Crippen LogP contribution in [0.1, 0.15) is 28.7 Å². The van der Waals surface area contributed by atoms with Crippen LogP contribution in [-0.4, -0.2) is 32.6 Å². The third-order valence-corrected chi connectivity index (χ3v) is 4.43. The van der Waals surface area contributed by atoms with Crippen LogP contribution in [0.2, 0.25) is 0 Å². The topological polar surface area (TPSA) is 52.1 Å². The molecule has 0 saturated carbocycles. The van der Waals surface area contributed by atoms with Gasteiger partial charge in [0, 0.05) is 19.5 Å².